The molecule has 1 aromatic heterocycles. The number of anilines is 1. The van der Waals surface area contributed by atoms with Gasteiger partial charge in [0.2, 0.25) is 0 Å². The summed E-state index contributed by atoms with van der Waals surface area (Å²) in [4.78, 5) is 18.6. The SMILES string of the molecule is Cc1[nH]cnc1C(=O)Nc1cccc(Cl)c1Cl. The van der Waals surface area contributed by atoms with Crippen LogP contribution in [0.15, 0.2) is 24.5 Å². The number of nitrogens with one attached hydrogen (secondary N) is 2. The second-order valence-electron chi connectivity index (χ2n) is 3.43. The van der Waals surface area contributed by atoms with Crippen molar-refractivity contribution in [3.63, 3.8) is 0 Å². The number of aromatic amines is 1. The number of carbonyl (C=O) groups excluding carboxylic acids is 1. The summed E-state index contributed by atoms with van der Waals surface area (Å²) in [6, 6.07) is 5.04. The van der Waals surface area contributed by atoms with Crippen LogP contribution in [-0.2, 0) is 0 Å². The van der Waals surface area contributed by atoms with Crippen LogP contribution in [0.1, 0.15) is 16.2 Å². The van der Waals surface area contributed by atoms with Crippen LogP contribution >= 0.6 is 23.2 Å². The van der Waals surface area contributed by atoms with Gasteiger partial charge in [-0.15, -0.1) is 0 Å². The zero-order chi connectivity index (χ0) is 12.4. The molecule has 0 unspecified atom stereocenters. The molecule has 0 aliphatic carbocycles. The lowest BCUT2D eigenvalue weighted by Crippen LogP contribution is -2.13. The molecule has 0 spiro atoms. The van der Waals surface area contributed by atoms with E-state index in [4.69, 9.17) is 23.2 Å². The van der Waals surface area contributed by atoms with E-state index in [1.165, 1.54) is 6.33 Å². The Labute approximate surface area is 108 Å². The smallest absolute Gasteiger partial charge is 0.276 e. The molecule has 0 atom stereocenters. The van der Waals surface area contributed by atoms with E-state index in [0.717, 1.165) is 0 Å². The van der Waals surface area contributed by atoms with Gasteiger partial charge in [-0.3, -0.25) is 4.79 Å². The molecular weight excluding hydrogens is 261 g/mol. The lowest BCUT2D eigenvalue weighted by Gasteiger charge is -2.07. The predicted molar refractivity (Wildman–Crippen MR) is 67.7 cm³/mol. The number of H-pyrrole nitrogens is 1. The van der Waals surface area contributed by atoms with Gasteiger partial charge < -0.3 is 10.3 Å². The number of halogens is 2. The summed E-state index contributed by atoms with van der Waals surface area (Å²) in [5, 5.41) is 3.36. The van der Waals surface area contributed by atoms with Gasteiger partial charge in [-0.2, -0.15) is 0 Å². The Bertz CT molecular complexity index is 566. The first-order valence-electron chi connectivity index (χ1n) is 4.85. The number of rotatable bonds is 2. The first kappa shape index (κ1) is 12.0. The molecule has 6 heteroatoms. The van der Waals surface area contributed by atoms with E-state index in [2.05, 4.69) is 15.3 Å². The summed E-state index contributed by atoms with van der Waals surface area (Å²) in [6.07, 6.45) is 1.46. The van der Waals surface area contributed by atoms with Gasteiger partial charge >= 0.3 is 0 Å². The highest BCUT2D eigenvalue weighted by molar-refractivity contribution is 6.44. The number of aromatic nitrogens is 2. The highest BCUT2D eigenvalue weighted by Crippen LogP contribution is 2.29. The number of carbonyl (C=O) groups is 1. The fraction of sp³-hybridized carbons (Fsp3) is 0.0909. The number of amides is 1. The van der Waals surface area contributed by atoms with E-state index in [1.807, 2.05) is 0 Å². The highest BCUT2D eigenvalue weighted by Gasteiger charge is 2.13. The zero-order valence-corrected chi connectivity index (χ0v) is 10.4. The van der Waals surface area contributed by atoms with Crippen LogP contribution in [0.2, 0.25) is 10.0 Å². The van der Waals surface area contributed by atoms with Crippen LogP contribution in [-0.4, -0.2) is 15.9 Å². The van der Waals surface area contributed by atoms with Gasteiger partial charge in [0.15, 0.2) is 0 Å². The molecule has 0 bridgehead atoms. The van der Waals surface area contributed by atoms with Crippen molar-refractivity contribution in [3.8, 4) is 0 Å². The van der Waals surface area contributed by atoms with Gasteiger partial charge in [0, 0.05) is 5.69 Å². The third-order valence-electron chi connectivity index (χ3n) is 2.24. The topological polar surface area (TPSA) is 57.8 Å². The van der Waals surface area contributed by atoms with Crippen molar-refractivity contribution in [2.45, 2.75) is 6.92 Å². The lowest BCUT2D eigenvalue weighted by atomic mass is 10.3. The van der Waals surface area contributed by atoms with Gasteiger partial charge in [-0.1, -0.05) is 29.3 Å². The summed E-state index contributed by atoms with van der Waals surface area (Å²) in [5.41, 5.74) is 1.49. The monoisotopic (exact) mass is 269 g/mol. The fourth-order valence-electron chi connectivity index (χ4n) is 1.37. The Morgan fingerprint density at radius 2 is 2.18 bits per heavy atom. The van der Waals surface area contributed by atoms with Gasteiger partial charge in [0.25, 0.3) is 5.91 Å². The first-order valence-corrected chi connectivity index (χ1v) is 5.60. The minimum Gasteiger partial charge on any atom is -0.348 e. The zero-order valence-electron chi connectivity index (χ0n) is 8.92. The third-order valence-corrected chi connectivity index (χ3v) is 3.06. The summed E-state index contributed by atoms with van der Waals surface area (Å²) in [7, 11) is 0. The molecule has 88 valence electrons. The molecular formula is C11H9Cl2N3O. The summed E-state index contributed by atoms with van der Waals surface area (Å²) >= 11 is 11.8. The molecule has 1 heterocycles. The molecule has 0 saturated heterocycles. The van der Waals surface area contributed by atoms with Gasteiger partial charge in [0.1, 0.15) is 5.69 Å². The Balaban J connectivity index is 2.25. The molecule has 0 saturated carbocycles. The maximum atomic E-state index is 11.9. The number of benzene rings is 1. The van der Waals surface area contributed by atoms with Crippen molar-refractivity contribution in [2.75, 3.05) is 5.32 Å². The van der Waals surface area contributed by atoms with Crippen LogP contribution in [0.3, 0.4) is 0 Å². The number of imidazole rings is 1. The van der Waals surface area contributed by atoms with Crippen LogP contribution in [0.5, 0.6) is 0 Å². The van der Waals surface area contributed by atoms with E-state index in [0.29, 0.717) is 27.1 Å². The molecule has 4 nitrogen and oxygen atoms in total. The molecule has 2 aromatic rings. The minimum atomic E-state index is -0.326. The van der Waals surface area contributed by atoms with Crippen LogP contribution in [0, 0.1) is 6.92 Å². The van der Waals surface area contributed by atoms with Crippen molar-refractivity contribution < 1.29 is 4.79 Å². The highest BCUT2D eigenvalue weighted by atomic mass is 35.5. The lowest BCUT2D eigenvalue weighted by molar-refractivity contribution is 0.102. The Kier molecular flexibility index (Phi) is 3.36. The van der Waals surface area contributed by atoms with Gasteiger partial charge in [-0.25, -0.2) is 4.98 Å². The second-order valence-corrected chi connectivity index (χ2v) is 4.22. The Morgan fingerprint density at radius 3 is 2.82 bits per heavy atom. The van der Waals surface area contributed by atoms with Gasteiger partial charge in [-0.05, 0) is 19.1 Å². The number of aryl methyl sites for hydroxylation is 1. The van der Waals surface area contributed by atoms with E-state index in [-0.39, 0.29) is 5.91 Å². The maximum Gasteiger partial charge on any atom is 0.276 e. The fourth-order valence-corrected chi connectivity index (χ4v) is 1.72. The Hall–Kier alpha value is -1.52. The maximum absolute atomic E-state index is 11.9. The summed E-state index contributed by atoms with van der Waals surface area (Å²) < 4.78 is 0. The molecule has 1 amide bonds. The number of nitrogens with zero attached hydrogens (tertiary/aromatic N) is 1. The number of hydrogen-bond acceptors (Lipinski definition) is 2. The summed E-state index contributed by atoms with van der Waals surface area (Å²) in [6.45, 7) is 1.77. The standard InChI is InChI=1S/C11H9Cl2N3O/c1-6-10(15-5-14-6)11(17)16-8-4-2-3-7(12)9(8)13/h2-5H,1H3,(H,14,15)(H,16,17). The second kappa shape index (κ2) is 4.77. The van der Waals surface area contributed by atoms with E-state index >= 15 is 0 Å². The average Bonchev–Trinajstić information content (AvgIpc) is 2.71. The molecule has 0 fully saturated rings. The molecule has 0 aliphatic rings. The normalized spacial score (nSPS) is 10.3. The quantitative estimate of drug-likeness (QED) is 0.879. The predicted octanol–water partition coefficient (Wildman–Crippen LogP) is 3.28. The van der Waals surface area contributed by atoms with Crippen molar-refractivity contribution in [3.05, 3.63) is 46.0 Å². The largest absolute Gasteiger partial charge is 0.348 e. The first-order chi connectivity index (χ1) is 8.09. The van der Waals surface area contributed by atoms with Crippen molar-refractivity contribution >= 4 is 34.8 Å². The van der Waals surface area contributed by atoms with Crippen molar-refractivity contribution in [1.29, 1.82) is 0 Å². The average molecular weight is 270 g/mol. The van der Waals surface area contributed by atoms with E-state index < -0.39 is 0 Å². The summed E-state index contributed by atoms with van der Waals surface area (Å²) in [5.74, 6) is -0.326. The van der Waals surface area contributed by atoms with Crippen LogP contribution < -0.4 is 5.32 Å². The molecule has 17 heavy (non-hydrogen) atoms. The minimum absolute atomic E-state index is 0.315. The third kappa shape index (κ3) is 2.43. The van der Waals surface area contributed by atoms with E-state index in [9.17, 15) is 4.79 Å². The number of hydrogen-bond donors (Lipinski definition) is 2. The molecule has 2 rings (SSSR count). The van der Waals surface area contributed by atoms with Crippen LogP contribution in [0.25, 0.3) is 0 Å². The van der Waals surface area contributed by atoms with Crippen LogP contribution in [0.4, 0.5) is 5.69 Å². The van der Waals surface area contributed by atoms with Gasteiger partial charge in [0.05, 0.1) is 22.1 Å². The molecule has 0 aliphatic heterocycles. The van der Waals surface area contributed by atoms with Crippen molar-refractivity contribution in [1.82, 2.24) is 9.97 Å². The molecule has 2 N–H and O–H groups in total. The Morgan fingerprint density at radius 1 is 1.41 bits per heavy atom. The van der Waals surface area contributed by atoms with E-state index in [1.54, 1.807) is 25.1 Å². The van der Waals surface area contributed by atoms with Crippen molar-refractivity contribution in [2.24, 2.45) is 0 Å². The molecule has 1 aromatic carbocycles. The molecule has 0 radical (unpaired) electrons.